The molecule has 0 aromatic heterocycles. The van der Waals surface area contributed by atoms with Crippen molar-refractivity contribution in [2.75, 3.05) is 5.32 Å². The molecule has 1 amide bonds. The zero-order chi connectivity index (χ0) is 13.9. The number of rotatable bonds is 5. The third kappa shape index (κ3) is 3.73. The summed E-state index contributed by atoms with van der Waals surface area (Å²) in [5.41, 5.74) is 5.46. The molecule has 6 heteroatoms. The van der Waals surface area contributed by atoms with Gasteiger partial charge in [0.05, 0.1) is 12.0 Å². The number of hydrogen-bond acceptors (Lipinski definition) is 3. The second-order valence-corrected chi connectivity index (χ2v) is 5.46. The SMILES string of the molecule is CC(C)(CC(=O)O)Nc1cccc(Br)c1C(N)=O. The molecule has 0 radical (unpaired) electrons. The van der Waals surface area contributed by atoms with E-state index in [1.165, 1.54) is 0 Å². The van der Waals surface area contributed by atoms with E-state index in [-0.39, 0.29) is 6.42 Å². The van der Waals surface area contributed by atoms with Crippen LogP contribution < -0.4 is 11.1 Å². The lowest BCUT2D eigenvalue weighted by Crippen LogP contribution is -2.34. The van der Waals surface area contributed by atoms with Crippen LogP contribution in [0.4, 0.5) is 5.69 Å². The molecule has 0 spiro atoms. The minimum absolute atomic E-state index is 0.0717. The molecule has 0 unspecified atom stereocenters. The summed E-state index contributed by atoms with van der Waals surface area (Å²) in [6, 6.07) is 5.14. The summed E-state index contributed by atoms with van der Waals surface area (Å²) >= 11 is 3.25. The van der Waals surface area contributed by atoms with Crippen molar-refractivity contribution in [3.8, 4) is 0 Å². The van der Waals surface area contributed by atoms with Gasteiger partial charge in [0.25, 0.3) is 5.91 Å². The highest BCUT2D eigenvalue weighted by molar-refractivity contribution is 9.10. The van der Waals surface area contributed by atoms with Crippen molar-refractivity contribution < 1.29 is 14.7 Å². The highest BCUT2D eigenvalue weighted by Gasteiger charge is 2.24. The van der Waals surface area contributed by atoms with E-state index in [9.17, 15) is 9.59 Å². The molecule has 0 heterocycles. The monoisotopic (exact) mass is 314 g/mol. The molecule has 0 fully saturated rings. The van der Waals surface area contributed by atoms with E-state index in [0.717, 1.165) is 0 Å². The number of aliphatic carboxylic acids is 1. The van der Waals surface area contributed by atoms with Gasteiger partial charge >= 0.3 is 5.97 Å². The lowest BCUT2D eigenvalue weighted by atomic mass is 9.99. The standard InChI is InChI=1S/C12H15BrN2O3/c1-12(2,6-9(16)17)15-8-5-3-4-7(13)10(8)11(14)18/h3-5,15H,6H2,1-2H3,(H2,14,18)(H,16,17). The number of carbonyl (C=O) groups is 2. The summed E-state index contributed by atoms with van der Waals surface area (Å²) in [6.07, 6.45) is -0.0717. The Labute approximate surface area is 113 Å². The predicted molar refractivity (Wildman–Crippen MR) is 72.6 cm³/mol. The maximum Gasteiger partial charge on any atom is 0.305 e. The van der Waals surface area contributed by atoms with Gasteiger partial charge in [-0.3, -0.25) is 9.59 Å². The fraction of sp³-hybridized carbons (Fsp3) is 0.333. The third-order valence-corrected chi connectivity index (χ3v) is 2.99. The van der Waals surface area contributed by atoms with Crippen LogP contribution in [0.5, 0.6) is 0 Å². The second-order valence-electron chi connectivity index (χ2n) is 4.61. The van der Waals surface area contributed by atoms with Gasteiger partial charge in [0.15, 0.2) is 0 Å². The lowest BCUT2D eigenvalue weighted by Gasteiger charge is -2.27. The van der Waals surface area contributed by atoms with Crippen LogP contribution >= 0.6 is 15.9 Å². The molecule has 0 aliphatic heterocycles. The zero-order valence-electron chi connectivity index (χ0n) is 10.2. The van der Waals surface area contributed by atoms with Gasteiger partial charge in [-0.05, 0) is 41.9 Å². The molecule has 18 heavy (non-hydrogen) atoms. The number of carboxylic acid groups (broad SMARTS) is 1. The molecule has 4 N–H and O–H groups in total. The molecule has 0 aliphatic carbocycles. The van der Waals surface area contributed by atoms with Crippen molar-refractivity contribution in [3.63, 3.8) is 0 Å². The Morgan fingerprint density at radius 1 is 1.44 bits per heavy atom. The van der Waals surface area contributed by atoms with Crippen LogP contribution in [0.2, 0.25) is 0 Å². The fourth-order valence-electron chi connectivity index (χ4n) is 1.67. The first-order chi connectivity index (χ1) is 8.23. The Bertz CT molecular complexity index is 486. The summed E-state index contributed by atoms with van der Waals surface area (Å²) in [6.45, 7) is 3.49. The van der Waals surface area contributed by atoms with Crippen molar-refractivity contribution >= 4 is 33.5 Å². The van der Waals surface area contributed by atoms with Crippen molar-refractivity contribution in [2.45, 2.75) is 25.8 Å². The molecular formula is C12H15BrN2O3. The van der Waals surface area contributed by atoms with Gasteiger partial charge < -0.3 is 16.2 Å². The number of anilines is 1. The van der Waals surface area contributed by atoms with Crippen LogP contribution in [0.3, 0.4) is 0 Å². The van der Waals surface area contributed by atoms with Crippen molar-refractivity contribution in [1.82, 2.24) is 0 Å². The minimum Gasteiger partial charge on any atom is -0.481 e. The Morgan fingerprint density at radius 2 is 2.06 bits per heavy atom. The maximum absolute atomic E-state index is 11.4. The molecule has 1 aromatic rings. The second kappa shape index (κ2) is 5.39. The van der Waals surface area contributed by atoms with Crippen LogP contribution in [0.15, 0.2) is 22.7 Å². The van der Waals surface area contributed by atoms with Gasteiger partial charge in [-0.2, -0.15) is 0 Å². The number of carbonyl (C=O) groups excluding carboxylic acids is 1. The van der Waals surface area contributed by atoms with Crippen molar-refractivity contribution in [1.29, 1.82) is 0 Å². The van der Waals surface area contributed by atoms with E-state index in [1.807, 2.05) is 0 Å². The quantitative estimate of drug-likeness (QED) is 0.777. The highest BCUT2D eigenvalue weighted by atomic mass is 79.9. The smallest absolute Gasteiger partial charge is 0.305 e. The molecule has 0 saturated carbocycles. The van der Waals surface area contributed by atoms with E-state index >= 15 is 0 Å². The topological polar surface area (TPSA) is 92.4 Å². The molecule has 0 saturated heterocycles. The zero-order valence-corrected chi connectivity index (χ0v) is 11.7. The van der Waals surface area contributed by atoms with Gasteiger partial charge in [0.2, 0.25) is 0 Å². The van der Waals surface area contributed by atoms with Crippen LogP contribution in [0, 0.1) is 0 Å². The number of nitrogens with one attached hydrogen (secondary N) is 1. The van der Waals surface area contributed by atoms with Crippen LogP contribution in [0.1, 0.15) is 30.6 Å². The summed E-state index contributed by atoms with van der Waals surface area (Å²) in [5, 5.41) is 11.8. The number of amides is 1. The molecule has 0 atom stereocenters. The number of primary amides is 1. The number of halogens is 1. The Kier molecular flexibility index (Phi) is 4.34. The number of nitrogens with two attached hydrogens (primary N) is 1. The van der Waals surface area contributed by atoms with Crippen LogP contribution in [-0.2, 0) is 4.79 Å². The molecule has 5 nitrogen and oxygen atoms in total. The van der Waals surface area contributed by atoms with Gasteiger partial charge in [-0.25, -0.2) is 0 Å². The van der Waals surface area contributed by atoms with Crippen molar-refractivity contribution in [2.24, 2.45) is 5.73 Å². The normalized spacial score (nSPS) is 11.1. The maximum atomic E-state index is 11.4. The number of carboxylic acids is 1. The predicted octanol–water partition coefficient (Wildman–Crippen LogP) is 2.21. The summed E-state index contributed by atoms with van der Waals surface area (Å²) < 4.78 is 0.575. The lowest BCUT2D eigenvalue weighted by molar-refractivity contribution is -0.137. The molecule has 0 bridgehead atoms. The average Bonchev–Trinajstić information content (AvgIpc) is 2.13. The summed E-state index contributed by atoms with van der Waals surface area (Å²) in [4.78, 5) is 22.1. The Balaban J connectivity index is 3.08. The summed E-state index contributed by atoms with van der Waals surface area (Å²) in [5.74, 6) is -1.49. The van der Waals surface area contributed by atoms with E-state index in [2.05, 4.69) is 21.2 Å². The largest absolute Gasteiger partial charge is 0.481 e. The van der Waals surface area contributed by atoms with E-state index in [4.69, 9.17) is 10.8 Å². The average molecular weight is 315 g/mol. The molecule has 1 rings (SSSR count). The van der Waals surface area contributed by atoms with Gasteiger partial charge in [-0.1, -0.05) is 6.07 Å². The van der Waals surface area contributed by atoms with E-state index in [1.54, 1.807) is 32.0 Å². The molecular weight excluding hydrogens is 300 g/mol. The van der Waals surface area contributed by atoms with Gasteiger partial charge in [0.1, 0.15) is 0 Å². The van der Waals surface area contributed by atoms with Crippen molar-refractivity contribution in [3.05, 3.63) is 28.2 Å². The number of benzene rings is 1. The molecule has 0 aliphatic rings. The Hall–Kier alpha value is -1.56. The van der Waals surface area contributed by atoms with E-state index in [0.29, 0.717) is 15.7 Å². The first-order valence-electron chi connectivity index (χ1n) is 5.31. The van der Waals surface area contributed by atoms with Crippen LogP contribution in [0.25, 0.3) is 0 Å². The number of hydrogen-bond donors (Lipinski definition) is 3. The molecule has 1 aromatic carbocycles. The fourth-order valence-corrected chi connectivity index (χ4v) is 2.23. The van der Waals surface area contributed by atoms with E-state index < -0.39 is 17.4 Å². The van der Waals surface area contributed by atoms with Gasteiger partial charge in [0, 0.05) is 15.7 Å². The first-order valence-corrected chi connectivity index (χ1v) is 6.10. The minimum atomic E-state index is -0.914. The third-order valence-electron chi connectivity index (χ3n) is 2.33. The van der Waals surface area contributed by atoms with Gasteiger partial charge in [-0.15, -0.1) is 0 Å². The van der Waals surface area contributed by atoms with Crippen LogP contribution in [-0.4, -0.2) is 22.5 Å². The Morgan fingerprint density at radius 3 is 2.56 bits per heavy atom. The highest BCUT2D eigenvalue weighted by Crippen LogP contribution is 2.27. The first kappa shape index (κ1) is 14.5. The molecule has 98 valence electrons. The summed E-state index contributed by atoms with van der Waals surface area (Å²) in [7, 11) is 0.